The number of carboxylic acids is 1. The first kappa shape index (κ1) is 10.2. The van der Waals surface area contributed by atoms with Crippen LogP contribution in [0, 0.1) is 6.92 Å². The lowest BCUT2D eigenvalue weighted by molar-refractivity contribution is 0.0690. The monoisotopic (exact) mass is 216 g/mol. The Morgan fingerprint density at radius 3 is 2.75 bits per heavy atom. The highest BCUT2D eigenvalue weighted by atomic mass is 16.4. The van der Waals surface area contributed by atoms with E-state index in [-0.39, 0.29) is 11.5 Å². The summed E-state index contributed by atoms with van der Waals surface area (Å²) in [6, 6.07) is 1.40. The van der Waals surface area contributed by atoms with Crippen molar-refractivity contribution in [2.24, 2.45) is 0 Å². The molecule has 2 aromatic rings. The maximum atomic E-state index is 10.8. The second kappa shape index (κ2) is 4.01. The molecule has 2 heterocycles. The molecule has 2 aromatic heterocycles. The zero-order valence-corrected chi connectivity index (χ0v) is 8.45. The largest absolute Gasteiger partial charge is 0.477 e. The minimum Gasteiger partial charge on any atom is -0.477 e. The van der Waals surface area contributed by atoms with Crippen LogP contribution in [0.2, 0.25) is 0 Å². The Hall–Kier alpha value is -2.37. The maximum Gasteiger partial charge on any atom is 0.354 e. The Morgan fingerprint density at radius 1 is 1.31 bits per heavy atom. The zero-order valence-electron chi connectivity index (χ0n) is 8.45. The first-order valence-corrected chi connectivity index (χ1v) is 4.52. The second-order valence-electron chi connectivity index (χ2n) is 3.11. The summed E-state index contributed by atoms with van der Waals surface area (Å²) in [5, 5.41) is 8.85. The molecule has 6 heteroatoms. The van der Waals surface area contributed by atoms with E-state index in [2.05, 4.69) is 19.9 Å². The van der Waals surface area contributed by atoms with Crippen molar-refractivity contribution in [1.29, 1.82) is 0 Å². The van der Waals surface area contributed by atoms with Crippen LogP contribution in [0.25, 0.3) is 11.5 Å². The molecule has 6 nitrogen and oxygen atoms in total. The van der Waals surface area contributed by atoms with E-state index in [9.17, 15) is 4.79 Å². The lowest BCUT2D eigenvalue weighted by atomic mass is 10.3. The molecule has 0 saturated heterocycles. The fraction of sp³-hybridized carbons (Fsp3) is 0.100. The summed E-state index contributed by atoms with van der Waals surface area (Å²) >= 11 is 0. The van der Waals surface area contributed by atoms with Crippen LogP contribution in [-0.2, 0) is 0 Å². The Kier molecular flexibility index (Phi) is 2.55. The van der Waals surface area contributed by atoms with E-state index < -0.39 is 5.97 Å². The normalized spacial score (nSPS) is 10.1. The molecule has 0 aromatic carbocycles. The summed E-state index contributed by atoms with van der Waals surface area (Å²) in [6.45, 7) is 1.70. The molecule has 80 valence electrons. The van der Waals surface area contributed by atoms with Crippen LogP contribution in [-0.4, -0.2) is 31.0 Å². The van der Waals surface area contributed by atoms with Gasteiger partial charge in [0.15, 0.2) is 11.5 Å². The molecule has 0 aliphatic heterocycles. The number of aromatic nitrogens is 4. The van der Waals surface area contributed by atoms with E-state index in [0.717, 1.165) is 0 Å². The van der Waals surface area contributed by atoms with Gasteiger partial charge in [-0.3, -0.25) is 4.98 Å². The quantitative estimate of drug-likeness (QED) is 0.803. The number of aryl methyl sites for hydroxylation is 1. The minimum atomic E-state index is -1.09. The molecule has 0 fully saturated rings. The van der Waals surface area contributed by atoms with Gasteiger partial charge < -0.3 is 5.11 Å². The molecule has 16 heavy (non-hydrogen) atoms. The predicted octanol–water partition coefficient (Wildman–Crippen LogP) is 0.940. The number of hydrogen-bond donors (Lipinski definition) is 1. The van der Waals surface area contributed by atoms with E-state index in [1.165, 1.54) is 24.7 Å². The Labute approximate surface area is 91.1 Å². The van der Waals surface area contributed by atoms with E-state index >= 15 is 0 Å². The van der Waals surface area contributed by atoms with E-state index in [4.69, 9.17) is 5.11 Å². The molecule has 0 aliphatic carbocycles. The molecule has 0 unspecified atom stereocenters. The van der Waals surface area contributed by atoms with Crippen LogP contribution in [0.3, 0.4) is 0 Å². The fourth-order valence-corrected chi connectivity index (χ4v) is 1.21. The second-order valence-corrected chi connectivity index (χ2v) is 3.11. The van der Waals surface area contributed by atoms with Gasteiger partial charge in [0, 0.05) is 18.1 Å². The minimum absolute atomic E-state index is 0.0480. The average molecular weight is 216 g/mol. The van der Waals surface area contributed by atoms with Crippen LogP contribution in [0.5, 0.6) is 0 Å². The summed E-state index contributed by atoms with van der Waals surface area (Å²) in [5.74, 6) is -0.818. The highest BCUT2D eigenvalue weighted by molar-refractivity contribution is 5.85. The van der Waals surface area contributed by atoms with Gasteiger partial charge in [-0.2, -0.15) is 0 Å². The number of hydrogen-bond acceptors (Lipinski definition) is 5. The van der Waals surface area contributed by atoms with Crippen molar-refractivity contribution < 1.29 is 9.90 Å². The van der Waals surface area contributed by atoms with Crippen molar-refractivity contribution in [2.45, 2.75) is 6.92 Å². The molecule has 2 rings (SSSR count). The molecular formula is C10H8N4O2. The fourth-order valence-electron chi connectivity index (χ4n) is 1.21. The van der Waals surface area contributed by atoms with Gasteiger partial charge in [0.05, 0.1) is 6.20 Å². The predicted molar refractivity (Wildman–Crippen MR) is 54.8 cm³/mol. The standard InChI is InChI=1S/C10H8N4O2/c1-6-4-7(10(15)16)14-9(13-6)8-5-11-2-3-12-8/h2-5H,1H3,(H,15,16). The van der Waals surface area contributed by atoms with Gasteiger partial charge in [-0.1, -0.05) is 0 Å². The van der Waals surface area contributed by atoms with Crippen LogP contribution >= 0.6 is 0 Å². The SMILES string of the molecule is Cc1cc(C(=O)O)nc(-c2cnccn2)n1. The van der Waals surface area contributed by atoms with E-state index in [1.807, 2.05) is 0 Å². The third-order valence-electron chi connectivity index (χ3n) is 1.87. The Morgan fingerprint density at radius 2 is 2.12 bits per heavy atom. The third kappa shape index (κ3) is 2.00. The first-order chi connectivity index (χ1) is 7.66. The van der Waals surface area contributed by atoms with Gasteiger partial charge in [-0.15, -0.1) is 0 Å². The summed E-state index contributed by atoms with van der Waals surface area (Å²) in [6.07, 6.45) is 4.51. The van der Waals surface area contributed by atoms with Crippen molar-refractivity contribution in [1.82, 2.24) is 19.9 Å². The van der Waals surface area contributed by atoms with Gasteiger partial charge >= 0.3 is 5.97 Å². The van der Waals surface area contributed by atoms with E-state index in [0.29, 0.717) is 11.4 Å². The summed E-state index contributed by atoms with van der Waals surface area (Å²) in [4.78, 5) is 26.7. The molecule has 0 aliphatic rings. The molecule has 0 saturated carbocycles. The lowest BCUT2D eigenvalue weighted by Crippen LogP contribution is -2.05. The van der Waals surface area contributed by atoms with Crippen LogP contribution in [0.15, 0.2) is 24.7 Å². The van der Waals surface area contributed by atoms with Crippen LogP contribution in [0.4, 0.5) is 0 Å². The van der Waals surface area contributed by atoms with Crippen molar-refractivity contribution in [2.75, 3.05) is 0 Å². The smallest absolute Gasteiger partial charge is 0.354 e. The van der Waals surface area contributed by atoms with Gasteiger partial charge in [0.25, 0.3) is 0 Å². The number of aromatic carboxylic acids is 1. The number of carboxylic acid groups (broad SMARTS) is 1. The number of rotatable bonds is 2. The molecule has 0 spiro atoms. The van der Waals surface area contributed by atoms with Crippen molar-refractivity contribution in [3.05, 3.63) is 36.0 Å². The summed E-state index contributed by atoms with van der Waals surface area (Å²) < 4.78 is 0. The van der Waals surface area contributed by atoms with Crippen molar-refractivity contribution >= 4 is 5.97 Å². The average Bonchev–Trinajstić information content (AvgIpc) is 2.29. The van der Waals surface area contributed by atoms with Crippen molar-refractivity contribution in [3.63, 3.8) is 0 Å². The molecule has 1 N–H and O–H groups in total. The zero-order chi connectivity index (χ0) is 11.5. The van der Waals surface area contributed by atoms with E-state index in [1.54, 1.807) is 6.92 Å². The number of carbonyl (C=O) groups is 1. The highest BCUT2D eigenvalue weighted by Crippen LogP contribution is 2.11. The van der Waals surface area contributed by atoms with Gasteiger partial charge in [-0.05, 0) is 13.0 Å². The first-order valence-electron chi connectivity index (χ1n) is 4.52. The van der Waals surface area contributed by atoms with Crippen molar-refractivity contribution in [3.8, 4) is 11.5 Å². The van der Waals surface area contributed by atoms with Crippen LogP contribution in [0.1, 0.15) is 16.2 Å². The Balaban J connectivity index is 2.54. The van der Waals surface area contributed by atoms with Gasteiger partial charge in [0.2, 0.25) is 0 Å². The maximum absolute atomic E-state index is 10.8. The third-order valence-corrected chi connectivity index (χ3v) is 1.87. The summed E-state index contributed by atoms with van der Waals surface area (Å²) in [7, 11) is 0. The lowest BCUT2D eigenvalue weighted by Gasteiger charge is -2.01. The molecule has 0 bridgehead atoms. The highest BCUT2D eigenvalue weighted by Gasteiger charge is 2.10. The summed E-state index contributed by atoms with van der Waals surface area (Å²) in [5.41, 5.74) is 0.981. The number of nitrogens with zero attached hydrogens (tertiary/aromatic N) is 4. The molecular weight excluding hydrogens is 208 g/mol. The molecule has 0 radical (unpaired) electrons. The Bertz CT molecular complexity index is 528. The molecule has 0 amide bonds. The topological polar surface area (TPSA) is 88.9 Å². The molecule has 0 atom stereocenters. The van der Waals surface area contributed by atoms with Crippen LogP contribution < -0.4 is 0 Å². The van der Waals surface area contributed by atoms with Gasteiger partial charge in [-0.25, -0.2) is 19.7 Å². The van der Waals surface area contributed by atoms with Gasteiger partial charge in [0.1, 0.15) is 5.69 Å².